The van der Waals surface area contributed by atoms with Crippen molar-refractivity contribution in [2.45, 2.75) is 163 Å². The summed E-state index contributed by atoms with van der Waals surface area (Å²) in [6.45, 7) is 42.2. The zero-order valence-electron chi connectivity index (χ0n) is 76.7. The van der Waals surface area contributed by atoms with E-state index < -0.39 is 23.0 Å². The van der Waals surface area contributed by atoms with E-state index in [1.807, 2.05) is 0 Å². The summed E-state index contributed by atoms with van der Waals surface area (Å²) < 4.78 is 25.9. The molecule has 23 rings (SSSR count). The SMILES string of the molecule is CC(C)(C)c1cc(-c2cc(C(C)(C)C)c3oc4ccccc4c3c2N2c3cc(-n4c5ccccc5c5ccc(-c6ccccc6)cc54)ccc3B3c4cc5c(cc4N(c4c(-c6cc(C(C)(C)C)cc(C(C)(C)C)c6)cc(C(C)(C)C)c6oc7ccccc7c46)c4cc(-c6ccccc6)cc2c43)Oc2ccccc2C52c3ccccc3-c3ccccc32)cc(C(C)(C)C)c1. The maximum absolute atomic E-state index is 7.92. The van der Waals surface area contributed by atoms with Gasteiger partial charge in [0.15, 0.2) is 0 Å². The highest BCUT2D eigenvalue weighted by Gasteiger charge is 2.54. The molecule has 7 heteroatoms. The molecule has 0 amide bonds. The average molecular weight is 1660 g/mol. The Balaban J connectivity index is 0.957. The van der Waals surface area contributed by atoms with Gasteiger partial charge in [-0.05, 0) is 193 Å². The van der Waals surface area contributed by atoms with Gasteiger partial charge in [-0.3, -0.25) is 0 Å². The summed E-state index contributed by atoms with van der Waals surface area (Å²) in [5.41, 5.74) is 37.2. The lowest BCUT2D eigenvalue weighted by atomic mass is 9.33. The van der Waals surface area contributed by atoms with Gasteiger partial charge in [-0.2, -0.15) is 0 Å². The average Bonchev–Trinajstić information content (AvgIpc) is 1.25. The molecule has 16 aromatic carbocycles. The van der Waals surface area contributed by atoms with Crippen LogP contribution in [0.3, 0.4) is 0 Å². The Morgan fingerprint density at radius 2 is 0.711 bits per heavy atom. The van der Waals surface area contributed by atoms with E-state index in [1.165, 1.54) is 55.3 Å². The Hall–Kier alpha value is -13.6. The van der Waals surface area contributed by atoms with Crippen LogP contribution in [0.2, 0.25) is 0 Å². The second-order valence-electron chi connectivity index (χ2n) is 42.8. The third-order valence-corrected chi connectivity index (χ3v) is 28.4. The molecular formula is C121H106BN3O3. The van der Waals surface area contributed by atoms with E-state index in [0.717, 1.165) is 189 Å². The molecule has 0 N–H and O–H groups in total. The first-order valence-electron chi connectivity index (χ1n) is 45.8. The molecule has 3 aromatic heterocycles. The first-order chi connectivity index (χ1) is 61.3. The molecule has 3 aliphatic heterocycles. The molecule has 626 valence electrons. The minimum Gasteiger partial charge on any atom is -0.457 e. The number of rotatable bonds is 7. The van der Waals surface area contributed by atoms with Crippen molar-refractivity contribution < 1.29 is 13.6 Å². The third-order valence-electron chi connectivity index (χ3n) is 28.4. The summed E-state index contributed by atoms with van der Waals surface area (Å²) in [5.74, 6) is 1.63. The Labute approximate surface area is 752 Å². The molecule has 6 nitrogen and oxygen atoms in total. The van der Waals surface area contributed by atoms with Crippen LogP contribution in [0.1, 0.15) is 180 Å². The molecule has 0 saturated heterocycles. The predicted octanol–water partition coefficient (Wildman–Crippen LogP) is 31.6. The van der Waals surface area contributed by atoms with Crippen LogP contribution in [-0.4, -0.2) is 11.3 Å². The fourth-order valence-electron chi connectivity index (χ4n) is 21.9. The minimum absolute atomic E-state index is 0.231. The molecule has 6 heterocycles. The maximum Gasteiger partial charge on any atom is 0.252 e. The lowest BCUT2D eigenvalue weighted by Gasteiger charge is -2.47. The summed E-state index contributed by atoms with van der Waals surface area (Å²) >= 11 is 0. The van der Waals surface area contributed by atoms with E-state index in [9.17, 15) is 0 Å². The summed E-state index contributed by atoms with van der Waals surface area (Å²) in [7, 11) is 0. The molecule has 19 aromatic rings. The quantitative estimate of drug-likeness (QED) is 0.149. The molecule has 4 aliphatic rings. The monoisotopic (exact) mass is 1660 g/mol. The van der Waals surface area contributed by atoms with Crippen molar-refractivity contribution in [3.8, 4) is 72.8 Å². The van der Waals surface area contributed by atoms with Gasteiger partial charge in [-0.25, -0.2) is 0 Å². The minimum atomic E-state index is -0.838. The summed E-state index contributed by atoms with van der Waals surface area (Å²) in [6.07, 6.45) is 0. The number of hydrogen-bond acceptors (Lipinski definition) is 5. The van der Waals surface area contributed by atoms with Crippen LogP contribution >= 0.6 is 0 Å². The largest absolute Gasteiger partial charge is 0.457 e. The molecule has 1 aliphatic carbocycles. The van der Waals surface area contributed by atoms with Gasteiger partial charge in [0, 0.05) is 89.4 Å². The second kappa shape index (κ2) is 27.7. The van der Waals surface area contributed by atoms with Crippen LogP contribution in [-0.2, 0) is 37.9 Å². The lowest BCUT2D eigenvalue weighted by Crippen LogP contribution is -2.61. The number of aromatic nitrogens is 1. The number of nitrogens with zero attached hydrogens (tertiary/aromatic N) is 3. The van der Waals surface area contributed by atoms with Gasteiger partial charge in [0.05, 0.1) is 38.6 Å². The van der Waals surface area contributed by atoms with Crippen LogP contribution in [0, 0.1) is 0 Å². The van der Waals surface area contributed by atoms with E-state index in [1.54, 1.807) is 0 Å². The molecule has 0 saturated carbocycles. The Morgan fingerprint density at radius 3 is 1.22 bits per heavy atom. The Kier molecular flexibility index (Phi) is 17.1. The highest BCUT2D eigenvalue weighted by atomic mass is 16.5. The van der Waals surface area contributed by atoms with Gasteiger partial charge in [0.25, 0.3) is 6.71 Å². The van der Waals surface area contributed by atoms with Crippen molar-refractivity contribution in [2.24, 2.45) is 0 Å². The first kappa shape index (κ1) is 79.1. The van der Waals surface area contributed by atoms with Gasteiger partial charge in [0.1, 0.15) is 33.8 Å². The fraction of sp³-hybridized carbons (Fsp3) is 0.207. The number of benzene rings is 16. The van der Waals surface area contributed by atoms with Crippen LogP contribution in [0.25, 0.3) is 127 Å². The van der Waals surface area contributed by atoms with Gasteiger partial charge < -0.3 is 27.9 Å². The lowest BCUT2D eigenvalue weighted by molar-refractivity contribution is 0.437. The van der Waals surface area contributed by atoms with Crippen molar-refractivity contribution in [3.63, 3.8) is 0 Å². The van der Waals surface area contributed by atoms with Crippen LogP contribution < -0.4 is 30.9 Å². The van der Waals surface area contributed by atoms with E-state index in [4.69, 9.17) is 13.6 Å². The van der Waals surface area contributed by atoms with Gasteiger partial charge >= 0.3 is 0 Å². The summed E-state index contributed by atoms with van der Waals surface area (Å²) in [5, 5.41) is 6.55. The molecule has 0 radical (unpaired) electrons. The zero-order chi connectivity index (χ0) is 88.1. The highest BCUT2D eigenvalue weighted by molar-refractivity contribution is 7.00. The van der Waals surface area contributed by atoms with Crippen LogP contribution in [0.4, 0.5) is 34.1 Å². The van der Waals surface area contributed by atoms with E-state index >= 15 is 0 Å². The summed E-state index contributed by atoms with van der Waals surface area (Å²) in [4.78, 5) is 5.49. The van der Waals surface area contributed by atoms with Crippen molar-refractivity contribution in [1.29, 1.82) is 0 Å². The molecule has 128 heavy (non-hydrogen) atoms. The molecular weight excluding hydrogens is 1550 g/mol. The molecule has 1 spiro atoms. The molecule has 0 bridgehead atoms. The first-order valence-corrected chi connectivity index (χ1v) is 45.8. The van der Waals surface area contributed by atoms with Crippen molar-refractivity contribution in [2.75, 3.05) is 9.80 Å². The number of ether oxygens (including phenoxy) is 1. The molecule has 0 atom stereocenters. The van der Waals surface area contributed by atoms with Crippen LogP contribution in [0.15, 0.2) is 324 Å². The number of hydrogen-bond donors (Lipinski definition) is 0. The number of para-hydroxylation sites is 4. The predicted molar refractivity (Wildman–Crippen MR) is 541 cm³/mol. The van der Waals surface area contributed by atoms with Crippen molar-refractivity contribution in [3.05, 3.63) is 371 Å². The fourth-order valence-corrected chi connectivity index (χ4v) is 21.9. The maximum atomic E-state index is 7.92. The van der Waals surface area contributed by atoms with Crippen LogP contribution in [0.5, 0.6) is 11.5 Å². The van der Waals surface area contributed by atoms with Gasteiger partial charge in [-0.15, -0.1) is 0 Å². The van der Waals surface area contributed by atoms with Crippen molar-refractivity contribution >= 4 is 123 Å². The molecule has 0 fully saturated rings. The Bertz CT molecular complexity index is 7810. The third kappa shape index (κ3) is 11.9. The Morgan fingerprint density at radius 1 is 0.273 bits per heavy atom. The number of furan rings is 2. The smallest absolute Gasteiger partial charge is 0.252 e. The number of fused-ring (bicyclic) bond motifs is 22. The standard InChI is InChI=1S/C121H106BN3O3/c1-115(2,3)77-57-75(58-78(64-77)116(4,5)6)88-67-94(119(13,14)15)113-108(86-44-28-34-50-104(86)127-113)111(88)124-100-66-81(123-98-49-33-27-43-84(98)85-55-53-73(61-99(85)123)71-37-21-19-22-38-71)54-56-96(100)122-97-69-93-107(126-106-52-36-32-48-92(106)121(93)90-46-30-25-41-82(90)83-42-26-31-47-91(83)121)70-101(97)125(103-63-74(62-102(124)110(103)122)72-39-23-20-24-40-72)112-89(76-59-79(117(7,8)9)65-80(60-76)118(10,11)12)68-95(120(16,17)18)114-109(112)87-45-29-35-51-105(87)128-114/h19-70H,1-18H3. The summed E-state index contributed by atoms with van der Waals surface area (Å²) in [6, 6.07) is 121. The highest BCUT2D eigenvalue weighted by Crippen LogP contribution is 2.65. The topological polar surface area (TPSA) is 46.9 Å². The zero-order valence-corrected chi connectivity index (χ0v) is 76.7. The van der Waals surface area contributed by atoms with Gasteiger partial charge in [0.2, 0.25) is 0 Å². The number of anilines is 6. The van der Waals surface area contributed by atoms with Gasteiger partial charge in [-0.1, -0.05) is 367 Å². The normalized spacial score (nSPS) is 14.1. The second-order valence-corrected chi connectivity index (χ2v) is 42.8. The van der Waals surface area contributed by atoms with E-state index in [-0.39, 0.29) is 21.7 Å². The molecule has 0 unspecified atom stereocenters. The van der Waals surface area contributed by atoms with E-state index in [2.05, 4.69) is 454 Å². The van der Waals surface area contributed by atoms with Crippen molar-refractivity contribution in [1.82, 2.24) is 4.57 Å². The van der Waals surface area contributed by atoms with E-state index in [0.29, 0.717) is 0 Å².